The molecule has 0 amide bonds. The van der Waals surface area contributed by atoms with Crippen molar-refractivity contribution in [1.29, 1.82) is 0 Å². The third kappa shape index (κ3) is 3.42. The molecule has 0 aromatic heterocycles. The molecule has 3 N–H and O–H groups in total. The van der Waals surface area contributed by atoms with Crippen LogP contribution < -0.4 is 11.3 Å². The molecule has 0 saturated carbocycles. The standard InChI is InChI=1S/C13H20ClFN2O/c1-13(2,3)12(18-4)11(17-16)9-6-5-8(14)7-10(9)15/h5-7,11-12,17H,16H2,1-4H3. The molecule has 0 aliphatic heterocycles. The fraction of sp³-hybridized carbons (Fsp3) is 0.538. The van der Waals surface area contributed by atoms with Crippen LogP contribution in [0.2, 0.25) is 5.02 Å². The zero-order valence-corrected chi connectivity index (χ0v) is 11.9. The zero-order valence-electron chi connectivity index (χ0n) is 11.1. The van der Waals surface area contributed by atoms with E-state index in [0.29, 0.717) is 10.6 Å². The molecule has 0 spiro atoms. The van der Waals surface area contributed by atoms with Gasteiger partial charge in [0.15, 0.2) is 0 Å². The van der Waals surface area contributed by atoms with Crippen molar-refractivity contribution in [2.24, 2.45) is 11.3 Å². The van der Waals surface area contributed by atoms with Crippen LogP contribution in [0.5, 0.6) is 0 Å². The van der Waals surface area contributed by atoms with E-state index in [9.17, 15) is 4.39 Å². The molecule has 0 aliphatic carbocycles. The van der Waals surface area contributed by atoms with Crippen LogP contribution in [0.3, 0.4) is 0 Å². The predicted molar refractivity (Wildman–Crippen MR) is 71.7 cm³/mol. The smallest absolute Gasteiger partial charge is 0.129 e. The fourth-order valence-electron chi connectivity index (χ4n) is 2.08. The van der Waals surface area contributed by atoms with Gasteiger partial charge in [0.2, 0.25) is 0 Å². The quantitative estimate of drug-likeness (QED) is 0.655. The van der Waals surface area contributed by atoms with E-state index in [0.717, 1.165) is 0 Å². The summed E-state index contributed by atoms with van der Waals surface area (Å²) < 4.78 is 19.4. The molecule has 1 aromatic rings. The lowest BCUT2D eigenvalue weighted by molar-refractivity contribution is -0.0128. The van der Waals surface area contributed by atoms with Crippen LogP contribution in [0.25, 0.3) is 0 Å². The van der Waals surface area contributed by atoms with Gasteiger partial charge in [0.25, 0.3) is 0 Å². The van der Waals surface area contributed by atoms with Crippen molar-refractivity contribution in [3.05, 3.63) is 34.6 Å². The Bertz CT molecular complexity index is 406. The number of nitrogens with two attached hydrogens (primary N) is 1. The Labute approximate surface area is 112 Å². The molecule has 1 aromatic carbocycles. The first-order valence-corrected chi connectivity index (χ1v) is 6.13. The zero-order chi connectivity index (χ0) is 13.9. The highest BCUT2D eigenvalue weighted by atomic mass is 35.5. The van der Waals surface area contributed by atoms with E-state index in [1.807, 2.05) is 20.8 Å². The van der Waals surface area contributed by atoms with Crippen molar-refractivity contribution in [1.82, 2.24) is 5.43 Å². The molecule has 0 radical (unpaired) electrons. The lowest BCUT2D eigenvalue weighted by Crippen LogP contribution is -2.44. The van der Waals surface area contributed by atoms with Crippen molar-refractivity contribution < 1.29 is 9.13 Å². The number of hydrogen-bond acceptors (Lipinski definition) is 3. The van der Waals surface area contributed by atoms with Gasteiger partial charge in [0.05, 0.1) is 12.1 Å². The molecular formula is C13H20ClFN2O. The van der Waals surface area contributed by atoms with Crippen molar-refractivity contribution >= 4 is 11.6 Å². The first kappa shape index (κ1) is 15.4. The summed E-state index contributed by atoms with van der Waals surface area (Å²) in [5, 5.41) is 0.358. The molecule has 0 saturated heterocycles. The Kier molecular flexibility index (Phi) is 5.10. The molecule has 3 nitrogen and oxygen atoms in total. The van der Waals surface area contributed by atoms with E-state index in [1.54, 1.807) is 19.2 Å². The molecule has 2 atom stereocenters. The summed E-state index contributed by atoms with van der Waals surface area (Å²) in [6.07, 6.45) is -0.266. The second-order valence-corrected chi connectivity index (χ2v) is 5.77. The SMILES string of the molecule is COC(C(NN)c1ccc(Cl)cc1F)C(C)(C)C. The third-order valence-electron chi connectivity index (χ3n) is 2.89. The molecule has 0 fully saturated rings. The summed E-state index contributed by atoms with van der Waals surface area (Å²) in [5.74, 6) is 5.16. The number of ether oxygens (including phenoxy) is 1. The first-order chi connectivity index (χ1) is 8.31. The Morgan fingerprint density at radius 1 is 1.39 bits per heavy atom. The normalized spacial score (nSPS) is 15.5. The lowest BCUT2D eigenvalue weighted by atomic mass is 9.82. The highest BCUT2D eigenvalue weighted by Gasteiger charge is 2.34. The average Bonchev–Trinajstić information content (AvgIpc) is 2.25. The van der Waals surface area contributed by atoms with Gasteiger partial charge in [0, 0.05) is 17.7 Å². The summed E-state index contributed by atoms with van der Waals surface area (Å²) in [6.45, 7) is 6.04. The van der Waals surface area contributed by atoms with Crippen LogP contribution in [-0.2, 0) is 4.74 Å². The minimum absolute atomic E-state index is 0.183. The molecule has 102 valence electrons. The van der Waals surface area contributed by atoms with Crippen molar-refractivity contribution in [2.45, 2.75) is 32.9 Å². The number of hydrazine groups is 1. The van der Waals surface area contributed by atoms with Crippen molar-refractivity contribution in [3.8, 4) is 0 Å². The minimum Gasteiger partial charge on any atom is -0.379 e. The summed E-state index contributed by atoms with van der Waals surface area (Å²) in [4.78, 5) is 0. The summed E-state index contributed by atoms with van der Waals surface area (Å²) in [5.41, 5.74) is 2.89. The molecular weight excluding hydrogens is 255 g/mol. The maximum absolute atomic E-state index is 13.9. The van der Waals surface area contributed by atoms with Gasteiger partial charge in [-0.3, -0.25) is 11.3 Å². The second-order valence-electron chi connectivity index (χ2n) is 5.33. The molecule has 2 unspecified atom stereocenters. The van der Waals surface area contributed by atoms with Gasteiger partial charge in [-0.1, -0.05) is 38.4 Å². The van der Waals surface area contributed by atoms with Crippen LogP contribution in [0, 0.1) is 11.2 Å². The van der Waals surface area contributed by atoms with Gasteiger partial charge in [-0.25, -0.2) is 4.39 Å². The van der Waals surface area contributed by atoms with Gasteiger partial charge >= 0.3 is 0 Å². The van der Waals surface area contributed by atoms with Gasteiger partial charge < -0.3 is 4.74 Å². The Morgan fingerprint density at radius 2 is 2.00 bits per heavy atom. The fourth-order valence-corrected chi connectivity index (χ4v) is 2.24. The van der Waals surface area contributed by atoms with Crippen molar-refractivity contribution in [3.63, 3.8) is 0 Å². The Balaban J connectivity index is 3.16. The Hall–Kier alpha value is -0.680. The molecule has 18 heavy (non-hydrogen) atoms. The number of halogens is 2. The lowest BCUT2D eigenvalue weighted by Gasteiger charge is -2.36. The van der Waals surface area contributed by atoms with Gasteiger partial charge in [-0.15, -0.1) is 0 Å². The number of methoxy groups -OCH3 is 1. The van der Waals surface area contributed by atoms with Crippen molar-refractivity contribution in [2.75, 3.05) is 7.11 Å². The molecule has 0 bridgehead atoms. The highest BCUT2D eigenvalue weighted by molar-refractivity contribution is 6.30. The monoisotopic (exact) mass is 274 g/mol. The van der Waals surface area contributed by atoms with Gasteiger partial charge in [-0.2, -0.15) is 0 Å². The largest absolute Gasteiger partial charge is 0.379 e. The van der Waals surface area contributed by atoms with E-state index >= 15 is 0 Å². The van der Waals surface area contributed by atoms with E-state index in [1.165, 1.54) is 6.07 Å². The highest BCUT2D eigenvalue weighted by Crippen LogP contribution is 2.33. The van der Waals surface area contributed by atoms with E-state index in [2.05, 4.69) is 5.43 Å². The summed E-state index contributed by atoms with van der Waals surface area (Å²) in [7, 11) is 1.59. The maximum Gasteiger partial charge on any atom is 0.129 e. The average molecular weight is 275 g/mol. The third-order valence-corrected chi connectivity index (χ3v) is 3.12. The molecule has 0 aliphatic rings. The molecule has 5 heteroatoms. The topological polar surface area (TPSA) is 47.3 Å². The van der Waals surface area contributed by atoms with Crippen LogP contribution in [-0.4, -0.2) is 13.2 Å². The summed E-state index contributed by atoms with van der Waals surface area (Å²) >= 11 is 5.75. The minimum atomic E-state index is -0.438. The summed E-state index contributed by atoms with van der Waals surface area (Å²) in [6, 6.07) is 4.10. The van der Waals surface area contributed by atoms with Crippen LogP contribution in [0.1, 0.15) is 32.4 Å². The number of rotatable bonds is 4. The van der Waals surface area contributed by atoms with E-state index < -0.39 is 11.9 Å². The second kappa shape index (κ2) is 5.97. The van der Waals surface area contributed by atoms with Gasteiger partial charge in [-0.05, 0) is 17.5 Å². The molecule has 1 rings (SSSR count). The maximum atomic E-state index is 13.9. The van der Waals surface area contributed by atoms with E-state index in [4.69, 9.17) is 22.2 Å². The molecule has 0 heterocycles. The van der Waals surface area contributed by atoms with Crippen LogP contribution >= 0.6 is 11.6 Å². The van der Waals surface area contributed by atoms with Gasteiger partial charge in [0.1, 0.15) is 5.82 Å². The first-order valence-electron chi connectivity index (χ1n) is 5.75. The van der Waals surface area contributed by atoms with E-state index in [-0.39, 0.29) is 11.5 Å². The van der Waals surface area contributed by atoms with Crippen LogP contribution in [0.4, 0.5) is 4.39 Å². The van der Waals surface area contributed by atoms with Crippen LogP contribution in [0.15, 0.2) is 18.2 Å². The number of nitrogens with one attached hydrogen (secondary N) is 1. The number of hydrogen-bond donors (Lipinski definition) is 2. The number of benzene rings is 1. The Morgan fingerprint density at radius 3 is 2.39 bits per heavy atom. The predicted octanol–water partition coefficient (Wildman–Crippen LogP) is 3.04.